The first-order valence-corrected chi connectivity index (χ1v) is 12.8. The van der Waals surface area contributed by atoms with E-state index in [0.29, 0.717) is 42.2 Å². The van der Waals surface area contributed by atoms with Crippen molar-refractivity contribution in [2.75, 3.05) is 13.2 Å². The van der Waals surface area contributed by atoms with Crippen LogP contribution in [-0.4, -0.2) is 54.9 Å². The molecule has 2 N–H and O–H groups in total. The molecule has 12 heteroatoms. The molecule has 0 aliphatic rings. The van der Waals surface area contributed by atoms with Crippen LogP contribution in [0.25, 0.3) is 11.4 Å². The molecule has 0 saturated carbocycles. The Labute approximate surface area is 222 Å². The molecule has 0 saturated heterocycles. The van der Waals surface area contributed by atoms with Gasteiger partial charge in [-0.05, 0) is 52.9 Å². The van der Waals surface area contributed by atoms with E-state index in [0.717, 1.165) is 0 Å². The number of hydrogen-bond donors (Lipinski definition) is 2. The van der Waals surface area contributed by atoms with Gasteiger partial charge in [-0.3, -0.25) is 14.2 Å². The van der Waals surface area contributed by atoms with E-state index in [2.05, 4.69) is 32.9 Å². The molecule has 0 aliphatic carbocycles. The topological polar surface area (TPSA) is 119 Å². The number of halogens is 2. The summed E-state index contributed by atoms with van der Waals surface area (Å²) in [6.07, 6.45) is 1.21. The lowest BCUT2D eigenvalue weighted by Gasteiger charge is -2.16. The normalized spacial score (nSPS) is 12.0. The van der Waals surface area contributed by atoms with Crippen LogP contribution < -0.4 is 10.3 Å². The molecule has 0 fully saturated rings. The van der Waals surface area contributed by atoms with Gasteiger partial charge in [-0.2, -0.15) is 0 Å². The van der Waals surface area contributed by atoms with Crippen molar-refractivity contribution in [1.82, 2.24) is 19.6 Å². The zero-order chi connectivity index (χ0) is 24.9. The van der Waals surface area contributed by atoms with Crippen LogP contribution in [0.4, 0.5) is 0 Å². The molecule has 3 aromatic heterocycles. The van der Waals surface area contributed by atoms with Crippen LogP contribution in [0.1, 0.15) is 21.8 Å². The van der Waals surface area contributed by atoms with E-state index in [1.54, 1.807) is 53.3 Å². The van der Waals surface area contributed by atoms with Crippen molar-refractivity contribution in [3.63, 3.8) is 0 Å². The Kier molecular flexibility index (Phi) is 8.34. The van der Waals surface area contributed by atoms with Crippen molar-refractivity contribution in [2.24, 2.45) is 0 Å². The number of aliphatic hydroxyl groups excluding tert-OH is 2. The van der Waals surface area contributed by atoms with Gasteiger partial charge in [0, 0.05) is 31.2 Å². The van der Waals surface area contributed by atoms with Crippen LogP contribution in [-0.2, 0) is 6.42 Å². The summed E-state index contributed by atoms with van der Waals surface area (Å²) in [6, 6.07) is 13.4. The summed E-state index contributed by atoms with van der Waals surface area (Å²) in [5, 5.41) is 27.4. The van der Waals surface area contributed by atoms with Gasteiger partial charge < -0.3 is 14.9 Å². The van der Waals surface area contributed by atoms with Crippen LogP contribution in [0, 0.1) is 3.70 Å². The number of carbonyl (C=O) groups is 1. The fourth-order valence-electron chi connectivity index (χ4n) is 3.25. The highest BCUT2D eigenvalue weighted by molar-refractivity contribution is 14.1. The summed E-state index contributed by atoms with van der Waals surface area (Å²) in [5.41, 5.74) is 1.52. The maximum atomic E-state index is 12.5. The lowest BCUT2D eigenvalue weighted by molar-refractivity contribution is 0.0535. The minimum Gasteiger partial charge on any atom is -0.488 e. The van der Waals surface area contributed by atoms with E-state index in [4.69, 9.17) is 21.4 Å². The number of aryl methyl sites for hydroxylation is 1. The summed E-state index contributed by atoms with van der Waals surface area (Å²) in [5.74, 6) is 0.316. The summed E-state index contributed by atoms with van der Waals surface area (Å²) < 4.78 is 10.1. The number of benzene rings is 1. The van der Waals surface area contributed by atoms with Gasteiger partial charge in [0.25, 0.3) is 5.56 Å². The number of ether oxygens (including phenoxy) is 1. The molecular formula is C23H20ClIN4O5S. The lowest BCUT2D eigenvalue weighted by Crippen LogP contribution is -2.22. The number of thiophene rings is 1. The average molecular weight is 627 g/mol. The van der Waals surface area contributed by atoms with Gasteiger partial charge >= 0.3 is 0 Å². The van der Waals surface area contributed by atoms with Gasteiger partial charge in [-0.15, -0.1) is 16.4 Å². The van der Waals surface area contributed by atoms with E-state index >= 15 is 0 Å². The molecule has 9 nitrogen and oxygen atoms in total. The van der Waals surface area contributed by atoms with E-state index in [9.17, 15) is 14.7 Å². The van der Waals surface area contributed by atoms with Crippen molar-refractivity contribution in [3.8, 4) is 17.1 Å². The Morgan fingerprint density at radius 3 is 2.77 bits per heavy atom. The minimum atomic E-state index is -1.08. The van der Waals surface area contributed by atoms with Crippen molar-refractivity contribution < 1.29 is 19.7 Å². The number of Topliss-reactive ketones (excluding diaryl/α,β-unsaturated/α-hetero) is 1. The standard InChI is InChI=1S/C23H20ClIN4O5S/c24-21-9-8-20(35-21)18(32)7-5-16-23(25)29(27-26-16)17-6-4-14(28-10-2-1-3-22(28)33)11-19(17)34-13-15(31)12-30/h1-4,6,8-11,15,30-31H,5,7,12-13H2/t15-/m0/s1. The maximum absolute atomic E-state index is 12.5. The summed E-state index contributed by atoms with van der Waals surface area (Å²) in [6.45, 7) is -0.617. The van der Waals surface area contributed by atoms with Gasteiger partial charge in [0.1, 0.15) is 27.8 Å². The molecule has 0 unspecified atom stereocenters. The molecule has 0 amide bonds. The fourth-order valence-corrected chi connectivity index (χ4v) is 4.99. The monoisotopic (exact) mass is 626 g/mol. The Hall–Kier alpha value is -2.58. The van der Waals surface area contributed by atoms with Crippen molar-refractivity contribution in [2.45, 2.75) is 18.9 Å². The first kappa shape index (κ1) is 25.5. The number of aromatic nitrogens is 4. The number of carbonyl (C=O) groups excluding carboxylic acids is 1. The Morgan fingerprint density at radius 1 is 1.23 bits per heavy atom. The molecule has 0 spiro atoms. The second-order valence-electron chi connectivity index (χ2n) is 7.47. The second-order valence-corrected chi connectivity index (χ2v) is 10.2. The molecular weight excluding hydrogens is 607 g/mol. The number of hydrogen-bond acceptors (Lipinski definition) is 8. The van der Waals surface area contributed by atoms with Gasteiger partial charge in [-0.25, -0.2) is 4.68 Å². The van der Waals surface area contributed by atoms with Gasteiger partial charge in [0.05, 0.1) is 27.2 Å². The quantitative estimate of drug-likeness (QED) is 0.205. The molecule has 0 aliphatic heterocycles. The van der Waals surface area contributed by atoms with Gasteiger partial charge in [0.2, 0.25) is 0 Å². The molecule has 1 aromatic carbocycles. The zero-order valence-corrected chi connectivity index (χ0v) is 21.9. The third kappa shape index (κ3) is 5.98. The number of aliphatic hydroxyl groups is 2. The molecule has 3 heterocycles. The van der Waals surface area contributed by atoms with Crippen LogP contribution in [0.3, 0.4) is 0 Å². The zero-order valence-electron chi connectivity index (χ0n) is 18.2. The highest BCUT2D eigenvalue weighted by Gasteiger charge is 2.19. The van der Waals surface area contributed by atoms with Crippen molar-refractivity contribution in [3.05, 3.63) is 83.7 Å². The summed E-state index contributed by atoms with van der Waals surface area (Å²) >= 11 is 9.27. The van der Waals surface area contributed by atoms with Gasteiger partial charge in [0.15, 0.2) is 5.78 Å². The first-order valence-electron chi connectivity index (χ1n) is 10.5. The third-order valence-electron chi connectivity index (χ3n) is 5.03. The maximum Gasteiger partial charge on any atom is 0.255 e. The molecule has 0 bridgehead atoms. The highest BCUT2D eigenvalue weighted by atomic mass is 127. The largest absolute Gasteiger partial charge is 0.488 e. The molecule has 1 atom stereocenters. The Bertz CT molecular complexity index is 1400. The average Bonchev–Trinajstić information content (AvgIpc) is 3.46. The number of pyridine rings is 1. The van der Waals surface area contributed by atoms with Crippen LogP contribution in [0.5, 0.6) is 5.75 Å². The summed E-state index contributed by atoms with van der Waals surface area (Å²) in [4.78, 5) is 25.3. The van der Waals surface area contributed by atoms with E-state index in [1.165, 1.54) is 22.0 Å². The van der Waals surface area contributed by atoms with Crippen LogP contribution in [0.15, 0.2) is 59.5 Å². The summed E-state index contributed by atoms with van der Waals surface area (Å²) in [7, 11) is 0. The van der Waals surface area contributed by atoms with E-state index < -0.39 is 12.7 Å². The predicted molar refractivity (Wildman–Crippen MR) is 140 cm³/mol. The molecule has 4 rings (SSSR count). The molecule has 35 heavy (non-hydrogen) atoms. The van der Waals surface area contributed by atoms with Crippen molar-refractivity contribution in [1.29, 1.82) is 0 Å². The Balaban J connectivity index is 1.62. The molecule has 4 aromatic rings. The van der Waals surface area contributed by atoms with Crippen LogP contribution >= 0.6 is 45.5 Å². The highest BCUT2D eigenvalue weighted by Crippen LogP contribution is 2.29. The van der Waals surface area contributed by atoms with Crippen molar-refractivity contribution >= 4 is 51.3 Å². The number of rotatable bonds is 10. The van der Waals surface area contributed by atoms with Gasteiger partial charge in [-0.1, -0.05) is 22.9 Å². The first-order chi connectivity index (χ1) is 16.9. The van der Waals surface area contributed by atoms with E-state index in [1.807, 2.05) is 0 Å². The number of nitrogens with zero attached hydrogens (tertiary/aromatic N) is 4. The van der Waals surface area contributed by atoms with Crippen LogP contribution in [0.2, 0.25) is 4.34 Å². The SMILES string of the molecule is O=C(CCc1nnn(-c2ccc(-n3ccccc3=O)cc2OC[C@@H](O)CO)c1I)c1ccc(Cl)s1. The molecule has 0 radical (unpaired) electrons. The minimum absolute atomic E-state index is 0.0214. The van der Waals surface area contributed by atoms with E-state index in [-0.39, 0.29) is 24.4 Å². The predicted octanol–water partition coefficient (Wildman–Crippen LogP) is 3.29. The lowest BCUT2D eigenvalue weighted by atomic mass is 10.1. The number of ketones is 1. The second kappa shape index (κ2) is 11.4. The molecule has 182 valence electrons. The Morgan fingerprint density at radius 2 is 2.06 bits per heavy atom. The fraction of sp³-hybridized carbons (Fsp3) is 0.217. The smallest absolute Gasteiger partial charge is 0.255 e. The third-order valence-corrected chi connectivity index (χ3v) is 7.38.